The van der Waals surface area contributed by atoms with Gasteiger partial charge in [-0.25, -0.2) is 8.78 Å². The van der Waals surface area contributed by atoms with Gasteiger partial charge in [0.05, 0.1) is 6.42 Å². The molecule has 0 aromatic carbocycles. The molecule has 0 rings (SSSR count). The van der Waals surface area contributed by atoms with Gasteiger partial charge in [-0.2, -0.15) is 8.78 Å². The minimum Gasteiger partial charge on any atom is -0.768 e. The Morgan fingerprint density at radius 1 is 1.50 bits per heavy atom. The maximum absolute atomic E-state index is 11.7. The molecule has 0 bridgehead atoms. The van der Waals surface area contributed by atoms with Crippen molar-refractivity contribution in [3.8, 4) is 0 Å². The van der Waals surface area contributed by atoms with Crippen molar-refractivity contribution < 1.29 is 26.3 Å². The van der Waals surface area contributed by atoms with E-state index in [1.165, 1.54) is 0 Å². The maximum Gasteiger partial charge on any atom is 0.314 e. The Morgan fingerprint density at radius 2 is 1.90 bits per heavy atom. The summed E-state index contributed by atoms with van der Waals surface area (Å²) in [7, 11) is 0. The molecular weight excluding hydrogens is 176 g/mol. The highest BCUT2D eigenvalue weighted by Crippen LogP contribution is 2.24. The number of halogens is 4. The van der Waals surface area contributed by atoms with Crippen LogP contribution in [0.3, 0.4) is 0 Å². The molecule has 62 valence electrons. The van der Waals surface area contributed by atoms with Gasteiger partial charge in [-0.1, -0.05) is 0 Å². The number of rotatable bonds is 3. The molecule has 7 heteroatoms. The maximum atomic E-state index is 11.7. The third-order valence-electron chi connectivity index (χ3n) is 0.636. The molecule has 0 N–H and O–H groups in total. The van der Waals surface area contributed by atoms with Crippen molar-refractivity contribution in [2.24, 2.45) is 0 Å². The van der Waals surface area contributed by atoms with Crippen LogP contribution in [0, 0.1) is 0 Å². The summed E-state index contributed by atoms with van der Waals surface area (Å²) in [5, 5.41) is -4.31. The van der Waals surface area contributed by atoms with Gasteiger partial charge in [0.1, 0.15) is 0 Å². The zero-order chi connectivity index (χ0) is 8.36. The fourth-order valence-corrected chi connectivity index (χ4v) is 0.510. The van der Waals surface area contributed by atoms with Crippen molar-refractivity contribution in [1.29, 1.82) is 0 Å². The van der Waals surface area contributed by atoms with Crippen LogP contribution in [0.2, 0.25) is 0 Å². The first-order valence-electron chi connectivity index (χ1n) is 2.11. The quantitative estimate of drug-likeness (QED) is 0.481. The molecule has 0 radical (unpaired) electrons. The third-order valence-corrected chi connectivity index (χ3v) is 1.29. The number of hydrogen-bond acceptors (Lipinski definition) is 2. The third kappa shape index (κ3) is 3.11. The number of alkyl halides is 4. The summed E-state index contributed by atoms with van der Waals surface area (Å²) in [5.41, 5.74) is 0. The van der Waals surface area contributed by atoms with Crippen molar-refractivity contribution in [1.82, 2.24) is 0 Å². The number of hydrogen-bond donors (Lipinski definition) is 0. The first-order chi connectivity index (χ1) is 4.36. The summed E-state index contributed by atoms with van der Waals surface area (Å²) in [6.45, 7) is 0. The summed E-state index contributed by atoms with van der Waals surface area (Å²) in [6.07, 6.45) is -5.25. The van der Waals surface area contributed by atoms with E-state index in [1.54, 1.807) is 0 Å². The van der Waals surface area contributed by atoms with E-state index in [1.807, 2.05) is 0 Å². The fourth-order valence-electron chi connectivity index (χ4n) is 0.248. The van der Waals surface area contributed by atoms with Crippen LogP contribution in [0.5, 0.6) is 0 Å². The van der Waals surface area contributed by atoms with Crippen LogP contribution < -0.4 is 0 Å². The Labute approximate surface area is 56.5 Å². The molecule has 10 heavy (non-hydrogen) atoms. The zero-order valence-electron chi connectivity index (χ0n) is 4.52. The van der Waals surface area contributed by atoms with Crippen molar-refractivity contribution in [3.05, 3.63) is 0 Å². The molecule has 0 aliphatic heterocycles. The molecule has 0 aromatic heterocycles. The predicted octanol–water partition coefficient (Wildman–Crippen LogP) is 1.11. The summed E-state index contributed by atoms with van der Waals surface area (Å²) in [6, 6.07) is 0. The Bertz CT molecular complexity index is 136. The first-order valence-corrected chi connectivity index (χ1v) is 3.19. The minimum atomic E-state index is -4.31. The zero-order valence-corrected chi connectivity index (χ0v) is 5.34. The summed E-state index contributed by atoms with van der Waals surface area (Å²) < 4.78 is 64.6. The van der Waals surface area contributed by atoms with Gasteiger partial charge in [0.2, 0.25) is 6.43 Å². The van der Waals surface area contributed by atoms with Crippen LogP contribution in [-0.2, 0) is 11.1 Å². The molecule has 0 aromatic rings. The van der Waals surface area contributed by atoms with Crippen molar-refractivity contribution >= 4 is 11.1 Å². The van der Waals surface area contributed by atoms with Crippen molar-refractivity contribution in [3.63, 3.8) is 0 Å². The van der Waals surface area contributed by atoms with Gasteiger partial charge in [-0.15, -0.1) is 0 Å². The van der Waals surface area contributed by atoms with Gasteiger partial charge in [0.25, 0.3) is 0 Å². The highest BCUT2D eigenvalue weighted by atomic mass is 32.2. The van der Waals surface area contributed by atoms with Crippen LogP contribution in [0.1, 0.15) is 6.42 Å². The Hall–Kier alpha value is -0.170. The lowest BCUT2D eigenvalue weighted by atomic mass is 10.5. The molecule has 0 spiro atoms. The lowest BCUT2D eigenvalue weighted by molar-refractivity contribution is 0.00966. The van der Waals surface area contributed by atoms with Gasteiger partial charge >= 0.3 is 5.25 Å². The molecule has 0 amide bonds. The monoisotopic (exact) mass is 179 g/mol. The van der Waals surface area contributed by atoms with Gasteiger partial charge in [0.15, 0.2) is 0 Å². The van der Waals surface area contributed by atoms with Crippen LogP contribution in [0.25, 0.3) is 0 Å². The van der Waals surface area contributed by atoms with E-state index < -0.39 is 29.2 Å². The standard InChI is InChI=1S/C3H4F4O2S/c4-2(5)1-3(6,7)10(8)9/h2H,1H2,(H,8,9)/p-1. The van der Waals surface area contributed by atoms with Crippen molar-refractivity contribution in [2.45, 2.75) is 18.1 Å². The lowest BCUT2D eigenvalue weighted by Crippen LogP contribution is -2.25. The molecule has 2 nitrogen and oxygen atoms in total. The minimum absolute atomic E-state index is 1.94. The lowest BCUT2D eigenvalue weighted by Gasteiger charge is -2.17. The normalized spacial score (nSPS) is 15.8. The average molecular weight is 179 g/mol. The van der Waals surface area contributed by atoms with E-state index in [0.717, 1.165) is 0 Å². The SMILES string of the molecule is O=S([O-])C(F)(F)CC(F)F. The smallest absolute Gasteiger partial charge is 0.314 e. The largest absolute Gasteiger partial charge is 0.768 e. The van der Waals surface area contributed by atoms with E-state index in [4.69, 9.17) is 0 Å². The molecule has 0 aliphatic rings. The van der Waals surface area contributed by atoms with E-state index in [9.17, 15) is 26.3 Å². The second-order valence-corrected chi connectivity index (χ2v) is 2.53. The Balaban J connectivity index is 4.00. The molecule has 0 saturated heterocycles. The first kappa shape index (κ1) is 9.83. The summed E-state index contributed by atoms with van der Waals surface area (Å²) >= 11 is -3.76. The van der Waals surface area contributed by atoms with E-state index in [-0.39, 0.29) is 0 Å². The summed E-state index contributed by atoms with van der Waals surface area (Å²) in [4.78, 5) is 0. The molecule has 0 saturated carbocycles. The fraction of sp³-hybridized carbons (Fsp3) is 1.00. The second kappa shape index (κ2) is 3.29. The van der Waals surface area contributed by atoms with E-state index >= 15 is 0 Å². The van der Waals surface area contributed by atoms with Crippen LogP contribution in [0.4, 0.5) is 17.6 Å². The van der Waals surface area contributed by atoms with E-state index in [0.29, 0.717) is 0 Å². The van der Waals surface area contributed by atoms with Gasteiger partial charge in [-0.3, -0.25) is 4.21 Å². The van der Waals surface area contributed by atoms with Crippen LogP contribution >= 0.6 is 0 Å². The molecule has 0 aliphatic carbocycles. The Kier molecular flexibility index (Phi) is 3.23. The topological polar surface area (TPSA) is 40.1 Å². The van der Waals surface area contributed by atoms with Crippen molar-refractivity contribution in [2.75, 3.05) is 0 Å². The van der Waals surface area contributed by atoms with E-state index in [2.05, 4.69) is 0 Å². The van der Waals surface area contributed by atoms with Gasteiger partial charge in [0, 0.05) is 11.1 Å². The van der Waals surface area contributed by atoms with Crippen LogP contribution in [-0.4, -0.2) is 20.4 Å². The second-order valence-electron chi connectivity index (χ2n) is 1.47. The van der Waals surface area contributed by atoms with Gasteiger partial charge in [-0.05, 0) is 0 Å². The molecule has 1 atom stereocenters. The average Bonchev–Trinajstić information content (AvgIpc) is 1.60. The molecular formula is C3H3F4O2S-. The Morgan fingerprint density at radius 3 is 2.00 bits per heavy atom. The van der Waals surface area contributed by atoms with Gasteiger partial charge < -0.3 is 4.55 Å². The highest BCUT2D eigenvalue weighted by Gasteiger charge is 2.34. The molecule has 0 fully saturated rings. The van der Waals surface area contributed by atoms with Crippen LogP contribution in [0.15, 0.2) is 0 Å². The highest BCUT2D eigenvalue weighted by molar-refractivity contribution is 7.80. The molecule has 1 unspecified atom stereocenters. The molecule has 0 heterocycles. The summed E-state index contributed by atoms with van der Waals surface area (Å²) in [5.74, 6) is 0. The predicted molar refractivity (Wildman–Crippen MR) is 24.5 cm³/mol.